The lowest BCUT2D eigenvalue weighted by Gasteiger charge is -2.12. The van der Waals surface area contributed by atoms with E-state index in [2.05, 4.69) is 50.7 Å². The summed E-state index contributed by atoms with van der Waals surface area (Å²) in [7, 11) is 4.17. The molecule has 1 rings (SSSR count). The fraction of sp³-hybridized carbons (Fsp3) is 0.333. The van der Waals surface area contributed by atoms with Crippen molar-refractivity contribution in [1.29, 1.82) is 0 Å². The molecule has 0 aliphatic rings. The third-order valence-corrected chi connectivity index (χ3v) is 2.09. The van der Waals surface area contributed by atoms with Crippen LogP contribution >= 0.6 is 0 Å². The van der Waals surface area contributed by atoms with Gasteiger partial charge in [-0.1, -0.05) is 30.9 Å². The maximum atomic E-state index is 3.75. The zero-order chi connectivity index (χ0) is 9.84. The molecule has 0 heterocycles. The van der Waals surface area contributed by atoms with Crippen LogP contribution in [0.5, 0.6) is 0 Å². The van der Waals surface area contributed by atoms with E-state index in [1.165, 1.54) is 16.7 Å². The smallest absolute Gasteiger partial charge is 0.0230 e. The van der Waals surface area contributed by atoms with Crippen LogP contribution in [0.15, 0.2) is 24.8 Å². The molecule has 0 fully saturated rings. The summed E-state index contributed by atoms with van der Waals surface area (Å²) in [6.45, 7) is 6.90. The van der Waals surface area contributed by atoms with Gasteiger partial charge in [-0.15, -0.1) is 0 Å². The van der Waals surface area contributed by atoms with E-state index < -0.39 is 0 Å². The normalized spacial score (nSPS) is 10.5. The second-order valence-corrected chi connectivity index (χ2v) is 3.63. The van der Waals surface area contributed by atoms with Crippen molar-refractivity contribution in [2.45, 2.75) is 13.5 Å². The molecule has 0 aromatic heterocycles. The summed E-state index contributed by atoms with van der Waals surface area (Å²) in [5.41, 5.74) is 3.92. The SMILES string of the molecule is C=Cc1ccc(CN(C)C)c(C)c1. The third kappa shape index (κ3) is 2.71. The number of benzene rings is 1. The molecule has 0 atom stereocenters. The van der Waals surface area contributed by atoms with Gasteiger partial charge in [0.15, 0.2) is 0 Å². The van der Waals surface area contributed by atoms with Crippen molar-refractivity contribution in [3.05, 3.63) is 41.5 Å². The van der Waals surface area contributed by atoms with Crippen LogP contribution in [-0.2, 0) is 6.54 Å². The molecule has 1 heteroatoms. The summed E-state index contributed by atoms with van der Waals surface area (Å²) in [6.07, 6.45) is 1.88. The summed E-state index contributed by atoms with van der Waals surface area (Å²) < 4.78 is 0. The predicted octanol–water partition coefficient (Wildman–Crippen LogP) is 2.70. The van der Waals surface area contributed by atoms with Gasteiger partial charge in [-0.05, 0) is 37.7 Å². The first-order chi connectivity index (χ1) is 6.13. The van der Waals surface area contributed by atoms with Crippen LogP contribution < -0.4 is 0 Å². The van der Waals surface area contributed by atoms with E-state index in [1.54, 1.807) is 0 Å². The summed E-state index contributed by atoms with van der Waals surface area (Å²) >= 11 is 0. The molecule has 0 aliphatic carbocycles. The lowest BCUT2D eigenvalue weighted by Crippen LogP contribution is -2.11. The van der Waals surface area contributed by atoms with E-state index in [-0.39, 0.29) is 0 Å². The minimum Gasteiger partial charge on any atom is -0.305 e. The first-order valence-electron chi connectivity index (χ1n) is 4.50. The lowest BCUT2D eigenvalue weighted by atomic mass is 10.0. The molecule has 0 N–H and O–H groups in total. The van der Waals surface area contributed by atoms with Crippen molar-refractivity contribution in [2.24, 2.45) is 0 Å². The van der Waals surface area contributed by atoms with Crippen LogP contribution in [0, 0.1) is 6.92 Å². The molecule has 1 nitrogen and oxygen atoms in total. The van der Waals surface area contributed by atoms with Gasteiger partial charge in [-0.3, -0.25) is 0 Å². The standard InChI is InChI=1S/C12H17N/c1-5-11-6-7-12(9-13(3)4)10(2)8-11/h5-8H,1,9H2,2-4H3. The van der Waals surface area contributed by atoms with Gasteiger partial charge in [-0.2, -0.15) is 0 Å². The maximum absolute atomic E-state index is 3.75. The number of rotatable bonds is 3. The highest BCUT2D eigenvalue weighted by Gasteiger charge is 1.99. The Morgan fingerprint density at radius 1 is 1.38 bits per heavy atom. The van der Waals surface area contributed by atoms with Gasteiger partial charge >= 0.3 is 0 Å². The van der Waals surface area contributed by atoms with Gasteiger partial charge in [0.05, 0.1) is 0 Å². The van der Waals surface area contributed by atoms with Gasteiger partial charge in [0.25, 0.3) is 0 Å². The monoisotopic (exact) mass is 175 g/mol. The molecular formula is C12H17N. The van der Waals surface area contributed by atoms with Gasteiger partial charge in [0, 0.05) is 6.54 Å². The van der Waals surface area contributed by atoms with E-state index in [0.717, 1.165) is 6.54 Å². The first kappa shape index (κ1) is 10.0. The Balaban J connectivity index is 2.91. The predicted molar refractivity (Wildman–Crippen MR) is 58.7 cm³/mol. The molecule has 0 saturated heterocycles. The summed E-state index contributed by atoms with van der Waals surface area (Å²) in [4.78, 5) is 2.18. The van der Waals surface area contributed by atoms with Crippen molar-refractivity contribution in [1.82, 2.24) is 4.90 Å². The molecule has 0 saturated carbocycles. The lowest BCUT2D eigenvalue weighted by molar-refractivity contribution is 0.401. The maximum Gasteiger partial charge on any atom is 0.0230 e. The third-order valence-electron chi connectivity index (χ3n) is 2.09. The molecule has 1 aromatic rings. The zero-order valence-corrected chi connectivity index (χ0v) is 8.67. The Morgan fingerprint density at radius 3 is 2.54 bits per heavy atom. The van der Waals surface area contributed by atoms with E-state index >= 15 is 0 Å². The first-order valence-corrected chi connectivity index (χ1v) is 4.50. The Bertz CT molecular complexity index is 300. The fourth-order valence-electron chi connectivity index (χ4n) is 1.36. The largest absolute Gasteiger partial charge is 0.305 e. The Labute approximate surface area is 80.7 Å². The van der Waals surface area contributed by atoms with Crippen LogP contribution in [-0.4, -0.2) is 19.0 Å². The van der Waals surface area contributed by atoms with Gasteiger partial charge in [0.1, 0.15) is 0 Å². The van der Waals surface area contributed by atoms with Crippen LogP contribution in [0.2, 0.25) is 0 Å². The van der Waals surface area contributed by atoms with E-state index in [0.29, 0.717) is 0 Å². The second-order valence-electron chi connectivity index (χ2n) is 3.63. The molecule has 0 unspecified atom stereocenters. The van der Waals surface area contributed by atoms with Gasteiger partial charge < -0.3 is 4.90 Å². The van der Waals surface area contributed by atoms with Crippen molar-refractivity contribution in [2.75, 3.05) is 14.1 Å². The summed E-state index contributed by atoms with van der Waals surface area (Å²) in [6, 6.07) is 6.46. The molecule has 0 spiro atoms. The van der Waals surface area contributed by atoms with Crippen LogP contribution in [0.3, 0.4) is 0 Å². The second kappa shape index (κ2) is 4.24. The average Bonchev–Trinajstić information content (AvgIpc) is 2.08. The summed E-state index contributed by atoms with van der Waals surface area (Å²) in [5.74, 6) is 0. The number of nitrogens with zero attached hydrogens (tertiary/aromatic N) is 1. The molecule has 70 valence electrons. The molecule has 0 aliphatic heterocycles. The Hall–Kier alpha value is -1.08. The van der Waals surface area contributed by atoms with Crippen molar-refractivity contribution >= 4 is 6.08 Å². The minimum atomic E-state index is 1.00. The minimum absolute atomic E-state index is 1.00. The molecular weight excluding hydrogens is 158 g/mol. The van der Waals surface area contributed by atoms with Crippen LogP contribution in [0.1, 0.15) is 16.7 Å². The molecule has 0 bridgehead atoms. The Morgan fingerprint density at radius 2 is 2.08 bits per heavy atom. The molecule has 0 radical (unpaired) electrons. The Kier molecular flexibility index (Phi) is 3.26. The topological polar surface area (TPSA) is 3.24 Å². The highest BCUT2D eigenvalue weighted by atomic mass is 15.0. The van der Waals surface area contributed by atoms with Crippen molar-refractivity contribution < 1.29 is 0 Å². The van der Waals surface area contributed by atoms with Gasteiger partial charge in [-0.25, -0.2) is 0 Å². The number of hydrogen-bond acceptors (Lipinski definition) is 1. The van der Waals surface area contributed by atoms with Crippen LogP contribution in [0.4, 0.5) is 0 Å². The van der Waals surface area contributed by atoms with Crippen molar-refractivity contribution in [3.63, 3.8) is 0 Å². The molecule has 1 aromatic carbocycles. The van der Waals surface area contributed by atoms with Crippen molar-refractivity contribution in [3.8, 4) is 0 Å². The highest BCUT2D eigenvalue weighted by molar-refractivity contribution is 5.49. The van der Waals surface area contributed by atoms with E-state index in [1.807, 2.05) is 6.08 Å². The highest BCUT2D eigenvalue weighted by Crippen LogP contribution is 2.13. The average molecular weight is 175 g/mol. The fourth-order valence-corrected chi connectivity index (χ4v) is 1.36. The van der Waals surface area contributed by atoms with Gasteiger partial charge in [0.2, 0.25) is 0 Å². The molecule has 0 amide bonds. The quantitative estimate of drug-likeness (QED) is 0.682. The summed E-state index contributed by atoms with van der Waals surface area (Å²) in [5, 5.41) is 0. The van der Waals surface area contributed by atoms with Crippen LogP contribution in [0.25, 0.3) is 6.08 Å². The number of aryl methyl sites for hydroxylation is 1. The van der Waals surface area contributed by atoms with E-state index in [9.17, 15) is 0 Å². The van der Waals surface area contributed by atoms with E-state index in [4.69, 9.17) is 0 Å². The molecule has 13 heavy (non-hydrogen) atoms. The number of hydrogen-bond donors (Lipinski definition) is 0. The zero-order valence-electron chi connectivity index (χ0n) is 8.67.